The van der Waals surface area contributed by atoms with Crippen LogP contribution in [0.15, 0.2) is 72.8 Å². The SMILES string of the molecule is Cc1c(NC(=O)c2ccc(F)cc2)cccc1-c1ccc(C(N)=O)c2[nH]c3cc(CN(C)CCO)ccc3c12. The van der Waals surface area contributed by atoms with Gasteiger partial charge in [0.1, 0.15) is 5.82 Å². The fourth-order valence-electron chi connectivity index (χ4n) is 5.01. The smallest absolute Gasteiger partial charge is 0.255 e. The summed E-state index contributed by atoms with van der Waals surface area (Å²) in [5, 5.41) is 14.0. The van der Waals surface area contributed by atoms with Crippen molar-refractivity contribution in [2.45, 2.75) is 13.5 Å². The Hall–Kier alpha value is -4.53. The quantitative estimate of drug-likeness (QED) is 0.223. The summed E-state index contributed by atoms with van der Waals surface area (Å²) >= 11 is 0. The molecule has 0 saturated heterocycles. The lowest BCUT2D eigenvalue weighted by atomic mass is 9.93. The third kappa shape index (κ3) is 5.12. The summed E-state index contributed by atoms with van der Waals surface area (Å²) in [5.41, 5.74) is 12.3. The second kappa shape index (κ2) is 10.7. The fraction of sp³-hybridized carbons (Fsp3) is 0.161. The standard InChI is InChI=1S/C31H29FN4O3/c1-18-22(4-3-5-26(18)35-31(39)20-7-9-21(32)10-8-20)23-12-13-25(30(33)38)29-28(23)24-11-6-19(16-27(24)34-29)17-36(2)14-15-37/h3-13,16,34,37H,14-15,17H2,1-2H3,(H2,33,38)(H,35,39). The number of anilines is 1. The number of aliphatic hydroxyl groups excluding tert-OH is 1. The Morgan fingerprint density at radius 2 is 1.79 bits per heavy atom. The minimum Gasteiger partial charge on any atom is -0.395 e. The molecule has 0 saturated carbocycles. The van der Waals surface area contributed by atoms with Crippen LogP contribution in [0.3, 0.4) is 0 Å². The first-order valence-corrected chi connectivity index (χ1v) is 12.6. The van der Waals surface area contributed by atoms with Gasteiger partial charge in [0.2, 0.25) is 0 Å². The number of benzene rings is 4. The third-order valence-electron chi connectivity index (χ3n) is 7.00. The van der Waals surface area contributed by atoms with Gasteiger partial charge < -0.3 is 21.1 Å². The number of nitrogens with zero attached hydrogens (tertiary/aromatic N) is 1. The van der Waals surface area contributed by atoms with Crippen LogP contribution in [0.4, 0.5) is 10.1 Å². The molecule has 5 aromatic rings. The topological polar surface area (TPSA) is 111 Å². The molecular formula is C31H29FN4O3. The van der Waals surface area contributed by atoms with Gasteiger partial charge in [-0.25, -0.2) is 4.39 Å². The van der Waals surface area contributed by atoms with Crippen molar-refractivity contribution in [2.75, 3.05) is 25.5 Å². The van der Waals surface area contributed by atoms with Gasteiger partial charge in [-0.05, 0) is 78.7 Å². The lowest BCUT2D eigenvalue weighted by Crippen LogP contribution is -2.21. The van der Waals surface area contributed by atoms with E-state index < -0.39 is 11.7 Å². The first-order chi connectivity index (χ1) is 18.8. The number of halogens is 1. The summed E-state index contributed by atoms with van der Waals surface area (Å²) in [6.07, 6.45) is 0. The molecule has 1 aromatic heterocycles. The Labute approximate surface area is 225 Å². The first-order valence-electron chi connectivity index (χ1n) is 12.6. The summed E-state index contributed by atoms with van der Waals surface area (Å²) in [6.45, 7) is 3.23. The van der Waals surface area contributed by atoms with E-state index in [4.69, 9.17) is 5.73 Å². The molecule has 0 aliphatic carbocycles. The number of hydrogen-bond donors (Lipinski definition) is 4. The van der Waals surface area contributed by atoms with Crippen molar-refractivity contribution in [3.05, 3.63) is 101 Å². The molecule has 5 rings (SSSR count). The number of fused-ring (bicyclic) bond motifs is 3. The molecule has 5 N–H and O–H groups in total. The first kappa shape index (κ1) is 26.1. The maximum absolute atomic E-state index is 13.3. The number of nitrogens with two attached hydrogens (primary N) is 1. The van der Waals surface area contributed by atoms with Crippen LogP contribution >= 0.6 is 0 Å². The molecule has 1 heterocycles. The molecule has 0 atom stereocenters. The Kier molecular flexibility index (Phi) is 7.15. The predicted octanol–water partition coefficient (Wildman–Crippen LogP) is 5.21. The van der Waals surface area contributed by atoms with Gasteiger partial charge >= 0.3 is 0 Å². The minimum atomic E-state index is -0.530. The molecule has 7 nitrogen and oxygen atoms in total. The van der Waals surface area contributed by atoms with Crippen LogP contribution in [0.1, 0.15) is 31.8 Å². The number of nitrogens with one attached hydrogen (secondary N) is 2. The van der Waals surface area contributed by atoms with Crippen LogP contribution in [-0.2, 0) is 6.54 Å². The molecule has 0 aliphatic rings. The lowest BCUT2D eigenvalue weighted by Gasteiger charge is -2.15. The lowest BCUT2D eigenvalue weighted by molar-refractivity contribution is 0.0999. The van der Waals surface area contributed by atoms with E-state index in [1.165, 1.54) is 24.3 Å². The van der Waals surface area contributed by atoms with Crippen molar-refractivity contribution in [1.82, 2.24) is 9.88 Å². The molecular weight excluding hydrogens is 495 g/mol. The zero-order valence-corrected chi connectivity index (χ0v) is 21.7. The molecule has 39 heavy (non-hydrogen) atoms. The monoisotopic (exact) mass is 524 g/mol. The number of primary amides is 1. The zero-order chi connectivity index (χ0) is 27.7. The van der Waals surface area contributed by atoms with Gasteiger partial charge in [-0.15, -0.1) is 0 Å². The molecule has 0 aliphatic heterocycles. The van der Waals surface area contributed by atoms with Crippen molar-refractivity contribution < 1.29 is 19.1 Å². The molecule has 198 valence electrons. The number of hydrogen-bond acceptors (Lipinski definition) is 4. The van der Waals surface area contributed by atoms with E-state index in [2.05, 4.69) is 10.3 Å². The van der Waals surface area contributed by atoms with Crippen LogP contribution < -0.4 is 11.1 Å². The summed E-state index contributed by atoms with van der Waals surface area (Å²) in [6, 6.07) is 20.8. The highest BCUT2D eigenvalue weighted by molar-refractivity contribution is 6.20. The highest BCUT2D eigenvalue weighted by atomic mass is 19.1. The van der Waals surface area contributed by atoms with Crippen molar-refractivity contribution in [1.29, 1.82) is 0 Å². The van der Waals surface area contributed by atoms with E-state index in [0.29, 0.717) is 35.4 Å². The average molecular weight is 525 g/mol. The van der Waals surface area contributed by atoms with Crippen molar-refractivity contribution in [3.8, 4) is 11.1 Å². The predicted molar refractivity (Wildman–Crippen MR) is 152 cm³/mol. The van der Waals surface area contributed by atoms with Gasteiger partial charge in [0.05, 0.1) is 17.7 Å². The molecule has 0 radical (unpaired) electrons. The Balaban J connectivity index is 1.61. The van der Waals surface area contributed by atoms with E-state index in [9.17, 15) is 19.1 Å². The zero-order valence-electron chi connectivity index (χ0n) is 21.7. The minimum absolute atomic E-state index is 0.0826. The van der Waals surface area contributed by atoms with Crippen LogP contribution in [0.5, 0.6) is 0 Å². The molecule has 0 spiro atoms. The maximum Gasteiger partial charge on any atom is 0.255 e. The largest absolute Gasteiger partial charge is 0.395 e. The van der Waals surface area contributed by atoms with E-state index in [1.54, 1.807) is 6.07 Å². The van der Waals surface area contributed by atoms with E-state index in [-0.39, 0.29) is 12.5 Å². The molecule has 0 unspecified atom stereocenters. The summed E-state index contributed by atoms with van der Waals surface area (Å²) in [4.78, 5) is 30.6. The second-order valence-corrected chi connectivity index (χ2v) is 9.68. The van der Waals surface area contributed by atoms with E-state index in [0.717, 1.165) is 38.5 Å². The molecule has 0 fully saturated rings. The number of aromatic nitrogens is 1. The number of likely N-dealkylation sites (N-methyl/N-ethyl adjacent to an activating group) is 1. The summed E-state index contributed by atoms with van der Waals surface area (Å²) < 4.78 is 13.3. The number of H-pyrrole nitrogens is 1. The van der Waals surface area contributed by atoms with Gasteiger partial charge in [-0.3, -0.25) is 14.5 Å². The van der Waals surface area contributed by atoms with E-state index >= 15 is 0 Å². The summed E-state index contributed by atoms with van der Waals surface area (Å²) in [7, 11) is 1.94. The second-order valence-electron chi connectivity index (χ2n) is 9.68. The highest BCUT2D eigenvalue weighted by Gasteiger charge is 2.19. The van der Waals surface area contributed by atoms with Gasteiger partial charge in [0.25, 0.3) is 11.8 Å². The van der Waals surface area contributed by atoms with Crippen molar-refractivity contribution in [3.63, 3.8) is 0 Å². The third-order valence-corrected chi connectivity index (χ3v) is 7.00. The van der Waals surface area contributed by atoms with Crippen LogP contribution in [0.2, 0.25) is 0 Å². The number of aromatic amines is 1. The van der Waals surface area contributed by atoms with Crippen LogP contribution in [0.25, 0.3) is 32.9 Å². The van der Waals surface area contributed by atoms with Crippen LogP contribution in [0, 0.1) is 12.7 Å². The van der Waals surface area contributed by atoms with Crippen LogP contribution in [-0.4, -0.2) is 47.0 Å². The van der Waals surface area contributed by atoms with Crippen molar-refractivity contribution >= 4 is 39.3 Å². The van der Waals surface area contributed by atoms with Crippen molar-refractivity contribution in [2.24, 2.45) is 5.73 Å². The van der Waals surface area contributed by atoms with E-state index in [1.807, 2.05) is 61.3 Å². The maximum atomic E-state index is 13.3. The average Bonchev–Trinajstić information content (AvgIpc) is 3.28. The molecule has 2 amide bonds. The number of amides is 2. The molecule has 0 bridgehead atoms. The molecule has 8 heteroatoms. The Morgan fingerprint density at radius 1 is 1.03 bits per heavy atom. The fourth-order valence-corrected chi connectivity index (χ4v) is 5.01. The Bertz CT molecular complexity index is 1710. The van der Waals surface area contributed by atoms with Gasteiger partial charge in [-0.2, -0.15) is 0 Å². The number of aliphatic hydroxyl groups is 1. The summed E-state index contributed by atoms with van der Waals surface area (Å²) in [5.74, 6) is -1.27. The number of carbonyl (C=O) groups is 2. The number of carbonyl (C=O) groups excluding carboxylic acids is 2. The normalized spacial score (nSPS) is 11.4. The van der Waals surface area contributed by atoms with Gasteiger partial charge in [0.15, 0.2) is 0 Å². The number of rotatable bonds is 8. The van der Waals surface area contributed by atoms with Gasteiger partial charge in [0, 0.05) is 40.6 Å². The van der Waals surface area contributed by atoms with Gasteiger partial charge in [-0.1, -0.05) is 30.3 Å². The highest BCUT2D eigenvalue weighted by Crippen LogP contribution is 2.39. The Morgan fingerprint density at radius 3 is 2.51 bits per heavy atom. The molecule has 4 aromatic carbocycles.